The van der Waals surface area contributed by atoms with Crippen molar-refractivity contribution in [2.75, 3.05) is 7.05 Å². The summed E-state index contributed by atoms with van der Waals surface area (Å²) in [7, 11) is 1.68. The Balaban J connectivity index is 1.41. The first kappa shape index (κ1) is 20.1. The molecule has 0 unspecified atom stereocenters. The molecule has 0 atom stereocenters. The van der Waals surface area contributed by atoms with E-state index in [4.69, 9.17) is 0 Å². The largest absolute Gasteiger partial charge is 0.359 e. The highest BCUT2D eigenvalue weighted by Crippen LogP contribution is 2.46. The molecule has 1 aliphatic carbocycles. The smallest absolute Gasteiger partial charge is 0.219 e. The van der Waals surface area contributed by atoms with E-state index in [0.717, 1.165) is 48.5 Å². The molecule has 0 spiro atoms. The normalized spacial score (nSPS) is 13.7. The second-order valence-corrected chi connectivity index (χ2v) is 8.99. The van der Waals surface area contributed by atoms with Crippen molar-refractivity contribution in [1.29, 1.82) is 0 Å². The first-order chi connectivity index (χ1) is 13.2. The van der Waals surface area contributed by atoms with Crippen LogP contribution in [0.3, 0.4) is 0 Å². The highest BCUT2D eigenvalue weighted by atomic mass is 32.1. The predicted octanol–water partition coefficient (Wildman–Crippen LogP) is 5.19. The number of rotatable bonds is 12. The van der Waals surface area contributed by atoms with Crippen molar-refractivity contribution in [2.24, 2.45) is 0 Å². The number of unbranched alkanes of at least 4 members (excludes halogenated alkanes) is 5. The van der Waals surface area contributed by atoms with Crippen LogP contribution in [0.5, 0.6) is 0 Å². The van der Waals surface area contributed by atoms with E-state index >= 15 is 0 Å². The molecule has 0 bridgehead atoms. The fourth-order valence-corrected chi connectivity index (χ4v) is 5.03. The van der Waals surface area contributed by atoms with E-state index < -0.39 is 0 Å². The molecule has 7 heteroatoms. The number of aromatic nitrogens is 2. The Morgan fingerprint density at radius 3 is 2.41 bits per heavy atom. The average molecular weight is 406 g/mol. The van der Waals surface area contributed by atoms with E-state index in [2.05, 4.69) is 15.3 Å². The van der Waals surface area contributed by atoms with E-state index in [-0.39, 0.29) is 11.7 Å². The zero-order chi connectivity index (χ0) is 19.1. The molecule has 1 amide bonds. The van der Waals surface area contributed by atoms with Crippen LogP contribution in [-0.2, 0) is 4.79 Å². The lowest BCUT2D eigenvalue weighted by molar-refractivity contribution is -0.120. The summed E-state index contributed by atoms with van der Waals surface area (Å²) in [5, 5.41) is 6.40. The van der Waals surface area contributed by atoms with E-state index in [1.54, 1.807) is 35.9 Å². The molecule has 1 fully saturated rings. The molecular weight excluding hydrogens is 378 g/mol. The van der Waals surface area contributed by atoms with Gasteiger partial charge in [-0.3, -0.25) is 9.59 Å². The molecule has 3 rings (SSSR count). The Bertz CT molecular complexity index is 751. The molecule has 2 aromatic rings. The number of carbonyl (C=O) groups excluding carboxylic acids is 2. The van der Waals surface area contributed by atoms with Crippen LogP contribution in [-0.4, -0.2) is 28.7 Å². The highest BCUT2D eigenvalue weighted by Gasteiger charge is 2.32. The fourth-order valence-electron chi connectivity index (χ4n) is 3.10. The second-order valence-electron chi connectivity index (χ2n) is 7.06. The van der Waals surface area contributed by atoms with E-state index in [1.165, 1.54) is 17.7 Å². The van der Waals surface area contributed by atoms with Crippen molar-refractivity contribution in [3.8, 4) is 10.0 Å². The van der Waals surface area contributed by atoms with Gasteiger partial charge in [0, 0.05) is 36.3 Å². The lowest BCUT2D eigenvalue weighted by Crippen LogP contribution is -2.16. The average Bonchev–Trinajstić information content (AvgIpc) is 3.20. The Kier molecular flexibility index (Phi) is 7.52. The molecule has 1 N–H and O–H groups in total. The van der Waals surface area contributed by atoms with Crippen molar-refractivity contribution >= 4 is 34.4 Å². The number of amides is 1. The first-order valence-corrected chi connectivity index (χ1v) is 11.5. The van der Waals surface area contributed by atoms with Crippen LogP contribution in [0.15, 0.2) is 11.6 Å². The number of hydrogen-bond acceptors (Lipinski definition) is 6. The second kappa shape index (κ2) is 10.1. The summed E-state index contributed by atoms with van der Waals surface area (Å²) in [4.78, 5) is 34.0. The molecule has 0 aromatic carbocycles. The summed E-state index contributed by atoms with van der Waals surface area (Å²) in [6, 6.07) is 0. The number of nitrogens with one attached hydrogen (secondary N) is 1. The Hall–Kier alpha value is -1.60. The fraction of sp³-hybridized carbons (Fsp3) is 0.600. The van der Waals surface area contributed by atoms with Gasteiger partial charge >= 0.3 is 0 Å². The van der Waals surface area contributed by atoms with Gasteiger partial charge in [0.2, 0.25) is 5.91 Å². The summed E-state index contributed by atoms with van der Waals surface area (Å²) >= 11 is 3.23. The third-order valence-corrected chi connectivity index (χ3v) is 6.95. The minimum atomic E-state index is 0.118. The standard InChI is InChI=1S/C20H27N3O2S2/c1-21-16(25)9-7-5-3-2-4-6-8-15(24)17-18(14-10-11-14)27-20(23-17)19-22-12-13-26-19/h12-14H,2-11H2,1H3,(H,21,25). The van der Waals surface area contributed by atoms with Crippen LogP contribution in [0.2, 0.25) is 0 Å². The van der Waals surface area contributed by atoms with Gasteiger partial charge in [-0.15, -0.1) is 22.7 Å². The number of carbonyl (C=O) groups is 2. The predicted molar refractivity (Wildman–Crippen MR) is 111 cm³/mol. The minimum Gasteiger partial charge on any atom is -0.359 e. The molecule has 1 saturated carbocycles. The van der Waals surface area contributed by atoms with Gasteiger partial charge in [-0.05, 0) is 31.6 Å². The Labute approximate surface area is 168 Å². The van der Waals surface area contributed by atoms with Crippen LogP contribution in [0.1, 0.15) is 85.5 Å². The summed E-state index contributed by atoms with van der Waals surface area (Å²) in [5.41, 5.74) is 0.707. The Morgan fingerprint density at radius 2 is 1.78 bits per heavy atom. The van der Waals surface area contributed by atoms with Gasteiger partial charge in [0.1, 0.15) is 5.69 Å². The van der Waals surface area contributed by atoms with Gasteiger partial charge in [0.15, 0.2) is 15.8 Å². The molecule has 0 saturated heterocycles. The quantitative estimate of drug-likeness (QED) is 0.389. The van der Waals surface area contributed by atoms with Crippen LogP contribution in [0.25, 0.3) is 10.0 Å². The molecule has 5 nitrogen and oxygen atoms in total. The van der Waals surface area contributed by atoms with Crippen LogP contribution in [0.4, 0.5) is 0 Å². The van der Waals surface area contributed by atoms with Crippen molar-refractivity contribution in [2.45, 2.75) is 70.1 Å². The topological polar surface area (TPSA) is 72.0 Å². The van der Waals surface area contributed by atoms with Gasteiger partial charge in [0.05, 0.1) is 0 Å². The lowest BCUT2D eigenvalue weighted by Gasteiger charge is -2.03. The molecule has 2 heterocycles. The maximum Gasteiger partial charge on any atom is 0.219 e. The van der Waals surface area contributed by atoms with Gasteiger partial charge in [0.25, 0.3) is 0 Å². The zero-order valence-electron chi connectivity index (χ0n) is 15.8. The van der Waals surface area contributed by atoms with E-state index in [9.17, 15) is 9.59 Å². The summed E-state index contributed by atoms with van der Waals surface area (Å²) < 4.78 is 0. The van der Waals surface area contributed by atoms with Gasteiger partial charge in [-0.2, -0.15) is 0 Å². The molecule has 1 aliphatic rings. The summed E-state index contributed by atoms with van der Waals surface area (Å²) in [5.74, 6) is 0.846. The van der Waals surface area contributed by atoms with E-state index in [1.807, 2.05) is 5.38 Å². The molecule has 2 aromatic heterocycles. The third kappa shape index (κ3) is 5.94. The lowest BCUT2D eigenvalue weighted by atomic mass is 10.0. The monoisotopic (exact) mass is 405 g/mol. The Morgan fingerprint density at radius 1 is 1.07 bits per heavy atom. The van der Waals surface area contributed by atoms with Crippen molar-refractivity contribution in [3.63, 3.8) is 0 Å². The van der Waals surface area contributed by atoms with Crippen molar-refractivity contribution < 1.29 is 9.59 Å². The summed E-state index contributed by atoms with van der Waals surface area (Å²) in [6.07, 6.45) is 11.6. The summed E-state index contributed by atoms with van der Waals surface area (Å²) in [6.45, 7) is 0. The van der Waals surface area contributed by atoms with Gasteiger partial charge in [-0.1, -0.05) is 25.7 Å². The maximum atomic E-state index is 12.7. The van der Waals surface area contributed by atoms with Crippen molar-refractivity contribution in [1.82, 2.24) is 15.3 Å². The first-order valence-electron chi connectivity index (χ1n) is 9.83. The number of hydrogen-bond donors (Lipinski definition) is 1. The SMILES string of the molecule is CNC(=O)CCCCCCCCC(=O)c1nc(-c2nccs2)sc1C1CC1. The molecule has 146 valence electrons. The van der Waals surface area contributed by atoms with Crippen molar-refractivity contribution in [3.05, 3.63) is 22.1 Å². The number of Topliss-reactive ketones (excluding diaryl/α,β-unsaturated/α-hetero) is 1. The van der Waals surface area contributed by atoms with Gasteiger partial charge < -0.3 is 5.32 Å². The minimum absolute atomic E-state index is 0.118. The molecule has 0 radical (unpaired) electrons. The molecule has 27 heavy (non-hydrogen) atoms. The van der Waals surface area contributed by atoms with Crippen LogP contribution in [0, 0.1) is 0 Å². The zero-order valence-corrected chi connectivity index (χ0v) is 17.5. The number of thiazole rings is 2. The number of ketones is 1. The van der Waals surface area contributed by atoms with E-state index in [0.29, 0.717) is 24.5 Å². The highest BCUT2D eigenvalue weighted by molar-refractivity contribution is 7.20. The third-order valence-electron chi connectivity index (χ3n) is 4.82. The molecule has 0 aliphatic heterocycles. The maximum absolute atomic E-state index is 12.7. The number of nitrogens with zero attached hydrogens (tertiary/aromatic N) is 2. The van der Waals surface area contributed by atoms with Crippen LogP contribution < -0.4 is 5.32 Å². The van der Waals surface area contributed by atoms with Gasteiger partial charge in [-0.25, -0.2) is 9.97 Å². The molecular formula is C20H27N3O2S2. The van der Waals surface area contributed by atoms with Crippen LogP contribution >= 0.6 is 22.7 Å².